The monoisotopic (exact) mass is 418 g/mol. The minimum Gasteiger partial charge on any atom is -0.390 e. The van der Waals surface area contributed by atoms with Gasteiger partial charge in [0.15, 0.2) is 0 Å². The van der Waals surface area contributed by atoms with Crippen LogP contribution in [-0.4, -0.2) is 87.2 Å². The molecule has 29 heavy (non-hydrogen) atoms. The molecule has 156 valence electrons. The fourth-order valence-electron chi connectivity index (χ4n) is 3.92. The summed E-state index contributed by atoms with van der Waals surface area (Å²) in [5, 5.41) is 15.1. The molecule has 0 radical (unpaired) electrons. The van der Waals surface area contributed by atoms with Crippen LogP contribution in [0.1, 0.15) is 0 Å². The van der Waals surface area contributed by atoms with Gasteiger partial charge in [-0.25, -0.2) is 13.1 Å². The van der Waals surface area contributed by atoms with Crippen LogP contribution < -0.4 is 10.0 Å². The van der Waals surface area contributed by atoms with Gasteiger partial charge in [-0.05, 0) is 30.0 Å². The minimum absolute atomic E-state index is 0.112. The number of carbonyl (C=O) groups is 1. The molecule has 0 aliphatic carbocycles. The van der Waals surface area contributed by atoms with Gasteiger partial charge in [-0.15, -0.1) is 0 Å². The summed E-state index contributed by atoms with van der Waals surface area (Å²) in [6.07, 6.45) is -0.980. The Morgan fingerprint density at radius 1 is 1.10 bits per heavy atom. The first kappa shape index (κ1) is 20.2. The Morgan fingerprint density at radius 2 is 1.79 bits per heavy atom. The number of sulfonamides is 1. The van der Waals surface area contributed by atoms with Crippen molar-refractivity contribution < 1.29 is 18.3 Å². The second kappa shape index (κ2) is 8.00. The molecule has 1 amide bonds. The Kier molecular flexibility index (Phi) is 5.58. The van der Waals surface area contributed by atoms with Crippen LogP contribution in [0, 0.1) is 0 Å². The number of hydrogen-bond donors (Lipinski definition) is 3. The average molecular weight is 419 g/mol. The van der Waals surface area contributed by atoms with Gasteiger partial charge in [-0.3, -0.25) is 4.79 Å². The third-order valence-corrected chi connectivity index (χ3v) is 7.18. The first-order valence-corrected chi connectivity index (χ1v) is 11.2. The zero-order valence-corrected chi connectivity index (χ0v) is 17.1. The molecule has 9 heteroatoms. The predicted molar refractivity (Wildman–Crippen MR) is 110 cm³/mol. The Bertz CT molecular complexity index is 1000. The van der Waals surface area contributed by atoms with E-state index in [2.05, 4.69) is 14.9 Å². The molecule has 4 rings (SSSR count). The van der Waals surface area contributed by atoms with E-state index in [1.807, 2.05) is 31.3 Å². The molecule has 3 atom stereocenters. The van der Waals surface area contributed by atoms with Crippen molar-refractivity contribution in [1.29, 1.82) is 0 Å². The number of nitrogens with one attached hydrogen (secondary N) is 2. The van der Waals surface area contributed by atoms with E-state index >= 15 is 0 Å². The van der Waals surface area contributed by atoms with Gasteiger partial charge in [0, 0.05) is 32.7 Å². The first-order valence-electron chi connectivity index (χ1n) is 9.75. The van der Waals surface area contributed by atoms with Gasteiger partial charge < -0.3 is 20.2 Å². The standard InChI is InChI=1S/C20H26N4O4S/c1-23-8-10-24(11-9-23)20(26)19-18(17(25)13-21-19)22-29(27,28)16-7-6-14-4-2-3-5-15(14)12-16/h2-7,12,17-19,21-22,25H,8-11,13H2,1H3/t17-,18+,19-/m0/s1. The molecule has 0 bridgehead atoms. The van der Waals surface area contributed by atoms with Crippen molar-refractivity contribution in [1.82, 2.24) is 19.8 Å². The number of aliphatic hydroxyl groups excluding tert-OH is 1. The molecular weight excluding hydrogens is 392 g/mol. The molecule has 0 saturated carbocycles. The Hall–Kier alpha value is -2.04. The van der Waals surface area contributed by atoms with E-state index < -0.39 is 28.2 Å². The number of amides is 1. The van der Waals surface area contributed by atoms with Crippen molar-refractivity contribution in [3.63, 3.8) is 0 Å². The molecule has 2 aromatic rings. The lowest BCUT2D eigenvalue weighted by atomic mass is 10.1. The van der Waals surface area contributed by atoms with Gasteiger partial charge in [-0.1, -0.05) is 30.3 Å². The summed E-state index contributed by atoms with van der Waals surface area (Å²) in [7, 11) is -1.90. The van der Waals surface area contributed by atoms with Crippen molar-refractivity contribution in [3.05, 3.63) is 42.5 Å². The number of aliphatic hydroxyl groups is 1. The van der Waals surface area contributed by atoms with Crippen LogP contribution in [0.2, 0.25) is 0 Å². The highest BCUT2D eigenvalue weighted by Crippen LogP contribution is 2.21. The van der Waals surface area contributed by atoms with Crippen molar-refractivity contribution in [2.75, 3.05) is 39.8 Å². The second-order valence-electron chi connectivity index (χ2n) is 7.74. The van der Waals surface area contributed by atoms with Crippen molar-refractivity contribution in [2.45, 2.75) is 23.1 Å². The number of benzene rings is 2. The summed E-state index contributed by atoms with van der Waals surface area (Å²) in [5.41, 5.74) is 0. The number of rotatable bonds is 4. The average Bonchev–Trinajstić information content (AvgIpc) is 3.07. The fraction of sp³-hybridized carbons (Fsp3) is 0.450. The van der Waals surface area contributed by atoms with Gasteiger partial charge in [0.25, 0.3) is 0 Å². The largest absolute Gasteiger partial charge is 0.390 e. The van der Waals surface area contributed by atoms with E-state index in [-0.39, 0.29) is 17.3 Å². The number of piperazine rings is 1. The Morgan fingerprint density at radius 3 is 2.52 bits per heavy atom. The maximum absolute atomic E-state index is 13.0. The molecule has 3 N–H and O–H groups in total. The van der Waals surface area contributed by atoms with E-state index in [1.54, 1.807) is 17.0 Å². The van der Waals surface area contributed by atoms with Crippen molar-refractivity contribution in [2.24, 2.45) is 0 Å². The molecule has 0 spiro atoms. The van der Waals surface area contributed by atoms with Crippen molar-refractivity contribution in [3.8, 4) is 0 Å². The Labute approximate surface area is 170 Å². The molecular formula is C20H26N4O4S. The molecule has 2 fully saturated rings. The van der Waals surface area contributed by atoms with E-state index in [9.17, 15) is 18.3 Å². The molecule has 2 saturated heterocycles. The van der Waals surface area contributed by atoms with E-state index in [0.717, 1.165) is 23.9 Å². The molecule has 2 aromatic carbocycles. The maximum atomic E-state index is 13.0. The van der Waals surface area contributed by atoms with E-state index in [1.165, 1.54) is 6.07 Å². The Balaban J connectivity index is 1.54. The topological polar surface area (TPSA) is 102 Å². The summed E-state index contributed by atoms with van der Waals surface area (Å²) < 4.78 is 28.5. The summed E-state index contributed by atoms with van der Waals surface area (Å²) in [6, 6.07) is 10.7. The van der Waals surface area contributed by atoms with Crippen LogP contribution in [0.15, 0.2) is 47.4 Å². The molecule has 2 heterocycles. The van der Waals surface area contributed by atoms with Gasteiger partial charge in [-0.2, -0.15) is 0 Å². The first-order chi connectivity index (χ1) is 13.8. The number of carbonyl (C=O) groups excluding carboxylic acids is 1. The van der Waals surface area contributed by atoms with Crippen LogP contribution in [0.4, 0.5) is 0 Å². The molecule has 2 aliphatic heterocycles. The smallest absolute Gasteiger partial charge is 0.241 e. The third kappa shape index (κ3) is 4.15. The molecule has 0 unspecified atom stereocenters. The van der Waals surface area contributed by atoms with Gasteiger partial charge >= 0.3 is 0 Å². The number of likely N-dealkylation sites (N-methyl/N-ethyl adjacent to an activating group) is 1. The lowest BCUT2D eigenvalue weighted by Crippen LogP contribution is -2.58. The van der Waals surface area contributed by atoms with Crippen molar-refractivity contribution >= 4 is 26.7 Å². The van der Waals surface area contributed by atoms with Gasteiger partial charge in [0.2, 0.25) is 15.9 Å². The van der Waals surface area contributed by atoms with E-state index in [4.69, 9.17) is 0 Å². The third-order valence-electron chi connectivity index (χ3n) is 5.72. The second-order valence-corrected chi connectivity index (χ2v) is 9.45. The zero-order chi connectivity index (χ0) is 20.6. The SMILES string of the molecule is CN1CCN(C(=O)[C@H]2NC[C@H](O)[C@H]2NS(=O)(=O)c2ccc3ccccc3c2)CC1. The quantitative estimate of drug-likeness (QED) is 0.624. The summed E-state index contributed by atoms with van der Waals surface area (Å²) >= 11 is 0. The lowest BCUT2D eigenvalue weighted by Gasteiger charge is -2.35. The van der Waals surface area contributed by atoms with Crippen LogP contribution in [-0.2, 0) is 14.8 Å². The molecule has 2 aliphatic rings. The van der Waals surface area contributed by atoms with Gasteiger partial charge in [0.1, 0.15) is 6.04 Å². The molecule has 0 aromatic heterocycles. The number of fused-ring (bicyclic) bond motifs is 1. The molecule has 8 nitrogen and oxygen atoms in total. The van der Waals surface area contributed by atoms with Crippen LogP contribution in [0.5, 0.6) is 0 Å². The number of nitrogens with zero attached hydrogens (tertiary/aromatic N) is 2. The van der Waals surface area contributed by atoms with Crippen LogP contribution in [0.25, 0.3) is 10.8 Å². The maximum Gasteiger partial charge on any atom is 0.241 e. The lowest BCUT2D eigenvalue weighted by molar-refractivity contribution is -0.135. The normalized spacial score (nSPS) is 26.1. The van der Waals surface area contributed by atoms with Crippen LogP contribution >= 0.6 is 0 Å². The number of hydrogen-bond acceptors (Lipinski definition) is 6. The summed E-state index contributed by atoms with van der Waals surface area (Å²) in [5.74, 6) is -0.180. The van der Waals surface area contributed by atoms with E-state index in [0.29, 0.717) is 13.1 Å². The minimum atomic E-state index is -3.90. The summed E-state index contributed by atoms with van der Waals surface area (Å²) in [4.78, 5) is 16.9. The summed E-state index contributed by atoms with van der Waals surface area (Å²) in [6.45, 7) is 2.89. The predicted octanol–water partition coefficient (Wildman–Crippen LogP) is -0.407. The highest BCUT2D eigenvalue weighted by atomic mass is 32.2. The fourth-order valence-corrected chi connectivity index (χ4v) is 5.23. The highest BCUT2D eigenvalue weighted by molar-refractivity contribution is 7.89. The number of β-amino-alcohol motifs (C(OH)–C–C–N with tert-alkyl or cyclic N) is 1. The van der Waals surface area contributed by atoms with Crippen LogP contribution in [0.3, 0.4) is 0 Å². The highest BCUT2D eigenvalue weighted by Gasteiger charge is 2.43. The zero-order valence-electron chi connectivity index (χ0n) is 16.3. The van der Waals surface area contributed by atoms with Gasteiger partial charge in [0.05, 0.1) is 17.0 Å².